The Bertz CT molecular complexity index is 442. The van der Waals surface area contributed by atoms with Crippen molar-refractivity contribution in [2.45, 2.75) is 25.4 Å². The molecule has 0 aliphatic carbocycles. The number of carbonyl (C=O) groups is 2. The summed E-state index contributed by atoms with van der Waals surface area (Å²) in [6.45, 7) is 1.60. The third-order valence-corrected chi connectivity index (χ3v) is 3.26. The number of rotatable bonds is 5. The third kappa shape index (κ3) is 4.66. The summed E-state index contributed by atoms with van der Waals surface area (Å²) >= 11 is 0. The Labute approximate surface area is 118 Å². The molecule has 0 radical (unpaired) electrons. The maximum Gasteiger partial charge on any atom is 0.309 e. The first-order valence-corrected chi connectivity index (χ1v) is 6.97. The van der Waals surface area contributed by atoms with Crippen LogP contribution >= 0.6 is 0 Å². The molecule has 108 valence electrons. The van der Waals surface area contributed by atoms with Gasteiger partial charge in [0.25, 0.3) is 0 Å². The lowest BCUT2D eigenvalue weighted by Gasteiger charge is -2.10. The van der Waals surface area contributed by atoms with Gasteiger partial charge in [0.1, 0.15) is 0 Å². The van der Waals surface area contributed by atoms with Crippen LogP contribution in [0.25, 0.3) is 0 Å². The zero-order valence-electron chi connectivity index (χ0n) is 11.4. The van der Waals surface area contributed by atoms with Gasteiger partial charge in [0.05, 0.1) is 6.10 Å². The first-order valence-electron chi connectivity index (χ1n) is 6.97. The van der Waals surface area contributed by atoms with Crippen molar-refractivity contribution in [2.75, 3.05) is 19.7 Å². The highest BCUT2D eigenvalue weighted by Gasteiger charge is 2.18. The van der Waals surface area contributed by atoms with Crippen LogP contribution in [0.2, 0.25) is 0 Å². The van der Waals surface area contributed by atoms with E-state index < -0.39 is 11.8 Å². The quantitative estimate of drug-likeness (QED) is 0.776. The van der Waals surface area contributed by atoms with Gasteiger partial charge in [-0.2, -0.15) is 0 Å². The van der Waals surface area contributed by atoms with Crippen molar-refractivity contribution in [3.05, 3.63) is 35.9 Å². The predicted octanol–water partition coefficient (Wildman–Crippen LogP) is 0.640. The second kappa shape index (κ2) is 7.65. The monoisotopic (exact) mass is 276 g/mol. The second-order valence-electron chi connectivity index (χ2n) is 4.84. The maximum absolute atomic E-state index is 11.6. The lowest BCUT2D eigenvalue weighted by Crippen LogP contribution is -2.43. The van der Waals surface area contributed by atoms with Crippen LogP contribution in [0.4, 0.5) is 0 Å². The van der Waals surface area contributed by atoms with Crippen molar-refractivity contribution >= 4 is 11.8 Å². The Morgan fingerprint density at radius 1 is 1.15 bits per heavy atom. The summed E-state index contributed by atoms with van der Waals surface area (Å²) in [7, 11) is 0. The van der Waals surface area contributed by atoms with Gasteiger partial charge in [0.2, 0.25) is 0 Å². The molecule has 0 saturated carbocycles. The van der Waals surface area contributed by atoms with Gasteiger partial charge < -0.3 is 15.4 Å². The molecule has 5 nitrogen and oxygen atoms in total. The van der Waals surface area contributed by atoms with Gasteiger partial charge in [-0.05, 0) is 24.8 Å². The Morgan fingerprint density at radius 2 is 1.90 bits per heavy atom. The number of nitrogens with one attached hydrogen (secondary N) is 2. The van der Waals surface area contributed by atoms with E-state index in [9.17, 15) is 9.59 Å². The van der Waals surface area contributed by atoms with E-state index in [1.165, 1.54) is 0 Å². The van der Waals surface area contributed by atoms with Gasteiger partial charge in [-0.1, -0.05) is 30.3 Å². The summed E-state index contributed by atoms with van der Waals surface area (Å²) in [5.41, 5.74) is 1.13. The predicted molar refractivity (Wildman–Crippen MR) is 75.1 cm³/mol. The fourth-order valence-corrected chi connectivity index (χ4v) is 2.14. The lowest BCUT2D eigenvalue weighted by molar-refractivity contribution is -0.139. The summed E-state index contributed by atoms with van der Waals surface area (Å²) < 4.78 is 5.38. The normalized spacial score (nSPS) is 17.7. The molecule has 2 rings (SSSR count). The molecule has 0 unspecified atom stereocenters. The lowest BCUT2D eigenvalue weighted by atomic mass is 10.1. The molecule has 2 amide bonds. The number of hydrogen-bond donors (Lipinski definition) is 2. The van der Waals surface area contributed by atoms with Crippen molar-refractivity contribution in [1.29, 1.82) is 0 Å². The van der Waals surface area contributed by atoms with E-state index in [4.69, 9.17) is 4.74 Å². The molecular weight excluding hydrogens is 256 g/mol. The fourth-order valence-electron chi connectivity index (χ4n) is 2.14. The smallest absolute Gasteiger partial charge is 0.309 e. The number of benzene rings is 1. The Morgan fingerprint density at radius 3 is 2.60 bits per heavy atom. The van der Waals surface area contributed by atoms with Crippen LogP contribution in [-0.2, 0) is 20.7 Å². The van der Waals surface area contributed by atoms with Crippen LogP contribution in [0.1, 0.15) is 18.4 Å². The molecule has 1 aliphatic heterocycles. The average Bonchev–Trinajstić information content (AvgIpc) is 2.99. The molecule has 0 aromatic heterocycles. The number of carbonyl (C=O) groups excluding carboxylic acids is 2. The van der Waals surface area contributed by atoms with Gasteiger partial charge in [0, 0.05) is 19.7 Å². The minimum atomic E-state index is -0.589. The van der Waals surface area contributed by atoms with Crippen molar-refractivity contribution in [2.24, 2.45) is 0 Å². The largest absolute Gasteiger partial charge is 0.376 e. The first-order chi connectivity index (χ1) is 9.75. The zero-order chi connectivity index (χ0) is 14.2. The van der Waals surface area contributed by atoms with E-state index in [2.05, 4.69) is 10.6 Å². The van der Waals surface area contributed by atoms with Crippen molar-refractivity contribution in [3.8, 4) is 0 Å². The average molecular weight is 276 g/mol. The van der Waals surface area contributed by atoms with Crippen LogP contribution < -0.4 is 10.6 Å². The van der Waals surface area contributed by atoms with E-state index in [0.717, 1.165) is 25.0 Å². The van der Waals surface area contributed by atoms with Crippen molar-refractivity contribution in [1.82, 2.24) is 10.6 Å². The number of amides is 2. The summed E-state index contributed by atoms with van der Waals surface area (Å²) in [4.78, 5) is 23.1. The first kappa shape index (κ1) is 14.5. The van der Waals surface area contributed by atoms with Gasteiger partial charge in [-0.3, -0.25) is 9.59 Å². The third-order valence-electron chi connectivity index (χ3n) is 3.26. The minimum absolute atomic E-state index is 0.0519. The molecule has 0 spiro atoms. The highest BCUT2D eigenvalue weighted by atomic mass is 16.5. The second-order valence-corrected chi connectivity index (χ2v) is 4.84. The van der Waals surface area contributed by atoms with E-state index >= 15 is 0 Å². The van der Waals surface area contributed by atoms with Crippen LogP contribution in [0.15, 0.2) is 30.3 Å². The molecule has 1 saturated heterocycles. The Kier molecular flexibility index (Phi) is 5.55. The fraction of sp³-hybridized carbons (Fsp3) is 0.467. The van der Waals surface area contributed by atoms with Gasteiger partial charge >= 0.3 is 11.8 Å². The van der Waals surface area contributed by atoms with Crippen LogP contribution in [0.3, 0.4) is 0 Å². The molecule has 5 heteroatoms. The topological polar surface area (TPSA) is 67.4 Å². The molecule has 1 heterocycles. The summed E-state index contributed by atoms with van der Waals surface area (Å²) in [5.74, 6) is -1.17. The Hall–Kier alpha value is -1.88. The minimum Gasteiger partial charge on any atom is -0.376 e. The summed E-state index contributed by atoms with van der Waals surface area (Å²) in [5, 5.41) is 5.21. The molecule has 1 aliphatic rings. The van der Waals surface area contributed by atoms with Crippen LogP contribution in [-0.4, -0.2) is 37.6 Å². The van der Waals surface area contributed by atoms with E-state index in [-0.39, 0.29) is 6.10 Å². The molecule has 1 aromatic carbocycles. The number of hydrogen-bond acceptors (Lipinski definition) is 3. The highest BCUT2D eigenvalue weighted by Crippen LogP contribution is 2.10. The molecule has 20 heavy (non-hydrogen) atoms. The van der Waals surface area contributed by atoms with Crippen molar-refractivity contribution in [3.63, 3.8) is 0 Å². The summed E-state index contributed by atoms with van der Waals surface area (Å²) in [6, 6.07) is 9.82. The number of ether oxygens (including phenoxy) is 1. The van der Waals surface area contributed by atoms with Gasteiger partial charge in [0.15, 0.2) is 0 Å². The SMILES string of the molecule is O=C(NCCc1ccccc1)C(=O)NC[C@H]1CCCO1. The van der Waals surface area contributed by atoms with Crippen LogP contribution in [0.5, 0.6) is 0 Å². The molecule has 1 aromatic rings. The van der Waals surface area contributed by atoms with E-state index in [0.29, 0.717) is 19.5 Å². The molecule has 2 N–H and O–H groups in total. The van der Waals surface area contributed by atoms with Crippen LogP contribution in [0, 0.1) is 0 Å². The molecule has 1 fully saturated rings. The Balaban J connectivity index is 1.62. The standard InChI is InChI=1S/C15H20N2O3/c18-14(15(19)17-11-13-7-4-10-20-13)16-9-8-12-5-2-1-3-6-12/h1-3,5-6,13H,4,7-11H2,(H,16,18)(H,17,19)/t13-/m1/s1. The molecular formula is C15H20N2O3. The highest BCUT2D eigenvalue weighted by molar-refractivity contribution is 6.35. The molecule has 1 atom stereocenters. The maximum atomic E-state index is 11.6. The van der Waals surface area contributed by atoms with Gasteiger partial charge in [-0.15, -0.1) is 0 Å². The van der Waals surface area contributed by atoms with E-state index in [1.807, 2.05) is 30.3 Å². The summed E-state index contributed by atoms with van der Waals surface area (Å²) in [6.07, 6.45) is 2.72. The van der Waals surface area contributed by atoms with Gasteiger partial charge in [-0.25, -0.2) is 0 Å². The molecule has 0 bridgehead atoms. The van der Waals surface area contributed by atoms with Crippen molar-refractivity contribution < 1.29 is 14.3 Å². The van der Waals surface area contributed by atoms with E-state index in [1.54, 1.807) is 0 Å². The zero-order valence-corrected chi connectivity index (χ0v) is 11.4.